The zero-order valence-electron chi connectivity index (χ0n) is 10.4. The quantitative estimate of drug-likeness (QED) is 0.673. The Bertz CT molecular complexity index is 249. The van der Waals surface area contributed by atoms with Crippen molar-refractivity contribution in [3.63, 3.8) is 0 Å². The molecule has 1 aromatic rings. The molecule has 1 heterocycles. The maximum absolute atomic E-state index is 4.28. The van der Waals surface area contributed by atoms with E-state index < -0.39 is 0 Å². The molecular weight excluding hydrogens is 218 g/mol. The Morgan fingerprint density at radius 3 is 2.94 bits per heavy atom. The molecular formula is C12H23N3S. The van der Waals surface area contributed by atoms with Crippen molar-refractivity contribution < 1.29 is 0 Å². The van der Waals surface area contributed by atoms with E-state index in [1.807, 2.05) is 5.51 Å². The monoisotopic (exact) mass is 241 g/mol. The van der Waals surface area contributed by atoms with Gasteiger partial charge in [-0.05, 0) is 20.0 Å². The van der Waals surface area contributed by atoms with Gasteiger partial charge in [-0.15, -0.1) is 11.3 Å². The van der Waals surface area contributed by atoms with Crippen LogP contribution in [0.15, 0.2) is 10.9 Å². The van der Waals surface area contributed by atoms with Crippen molar-refractivity contribution >= 4 is 11.3 Å². The molecule has 0 aliphatic carbocycles. The van der Waals surface area contributed by atoms with E-state index in [1.165, 1.54) is 25.0 Å². The Morgan fingerprint density at radius 2 is 2.25 bits per heavy atom. The summed E-state index contributed by atoms with van der Waals surface area (Å²) in [6, 6.07) is 0. The number of likely N-dealkylation sites (N-methyl/N-ethyl adjacent to an activating group) is 1. The topological polar surface area (TPSA) is 28.2 Å². The second-order valence-corrected chi connectivity index (χ2v) is 4.89. The molecule has 0 fully saturated rings. The minimum Gasteiger partial charge on any atom is -0.315 e. The van der Waals surface area contributed by atoms with Gasteiger partial charge < -0.3 is 5.32 Å². The van der Waals surface area contributed by atoms with Crippen LogP contribution in [-0.4, -0.2) is 36.6 Å². The fraction of sp³-hybridized carbons (Fsp3) is 0.750. The SMILES string of the molecule is CCCCCNCCN(C)Cc1cscn1. The number of nitrogens with zero attached hydrogens (tertiary/aromatic N) is 2. The summed E-state index contributed by atoms with van der Waals surface area (Å²) >= 11 is 1.67. The summed E-state index contributed by atoms with van der Waals surface area (Å²) in [5, 5.41) is 5.59. The first-order chi connectivity index (χ1) is 7.83. The van der Waals surface area contributed by atoms with Crippen LogP contribution in [0.25, 0.3) is 0 Å². The molecule has 0 unspecified atom stereocenters. The van der Waals surface area contributed by atoms with Gasteiger partial charge in [-0.2, -0.15) is 0 Å². The largest absolute Gasteiger partial charge is 0.315 e. The van der Waals surface area contributed by atoms with E-state index in [0.717, 1.165) is 26.2 Å². The predicted octanol–water partition coefficient (Wildman–Crippen LogP) is 2.35. The second-order valence-electron chi connectivity index (χ2n) is 4.17. The fourth-order valence-corrected chi connectivity index (χ4v) is 2.12. The summed E-state index contributed by atoms with van der Waals surface area (Å²) in [6.07, 6.45) is 3.93. The third kappa shape index (κ3) is 6.20. The molecule has 1 aromatic heterocycles. The Kier molecular flexibility index (Phi) is 7.38. The van der Waals surface area contributed by atoms with Crippen LogP contribution in [0.1, 0.15) is 31.9 Å². The zero-order chi connectivity index (χ0) is 11.6. The summed E-state index contributed by atoms with van der Waals surface area (Å²) in [7, 11) is 2.15. The molecule has 0 spiro atoms. The van der Waals surface area contributed by atoms with Crippen molar-refractivity contribution in [3.8, 4) is 0 Å². The van der Waals surface area contributed by atoms with E-state index >= 15 is 0 Å². The zero-order valence-corrected chi connectivity index (χ0v) is 11.2. The van der Waals surface area contributed by atoms with E-state index in [1.54, 1.807) is 11.3 Å². The second kappa shape index (κ2) is 8.67. The highest BCUT2D eigenvalue weighted by Gasteiger charge is 2.00. The van der Waals surface area contributed by atoms with Crippen molar-refractivity contribution in [2.24, 2.45) is 0 Å². The van der Waals surface area contributed by atoms with Crippen LogP contribution >= 0.6 is 11.3 Å². The smallest absolute Gasteiger partial charge is 0.0795 e. The van der Waals surface area contributed by atoms with Gasteiger partial charge in [0.25, 0.3) is 0 Å². The fourth-order valence-electron chi connectivity index (χ4n) is 1.57. The minimum absolute atomic E-state index is 0.958. The Hall–Kier alpha value is -0.450. The van der Waals surface area contributed by atoms with Crippen molar-refractivity contribution in [1.82, 2.24) is 15.2 Å². The van der Waals surface area contributed by atoms with Gasteiger partial charge in [0.2, 0.25) is 0 Å². The highest BCUT2D eigenvalue weighted by molar-refractivity contribution is 7.07. The van der Waals surface area contributed by atoms with Crippen LogP contribution in [-0.2, 0) is 6.54 Å². The van der Waals surface area contributed by atoms with Gasteiger partial charge in [0.1, 0.15) is 0 Å². The lowest BCUT2D eigenvalue weighted by molar-refractivity contribution is 0.321. The molecule has 92 valence electrons. The molecule has 1 N–H and O–H groups in total. The first kappa shape index (κ1) is 13.6. The molecule has 0 amide bonds. The van der Waals surface area contributed by atoms with Gasteiger partial charge in [0, 0.05) is 25.0 Å². The number of hydrogen-bond acceptors (Lipinski definition) is 4. The van der Waals surface area contributed by atoms with Crippen molar-refractivity contribution in [2.75, 3.05) is 26.7 Å². The first-order valence-corrected chi connectivity index (χ1v) is 7.03. The van der Waals surface area contributed by atoms with Crippen molar-refractivity contribution in [3.05, 3.63) is 16.6 Å². The number of rotatable bonds is 9. The standard InChI is InChI=1S/C12H23N3S/c1-3-4-5-6-13-7-8-15(2)9-12-10-16-11-14-12/h10-11,13H,3-9H2,1-2H3. The molecule has 0 aromatic carbocycles. The van der Waals surface area contributed by atoms with Crippen LogP contribution in [0, 0.1) is 0 Å². The lowest BCUT2D eigenvalue weighted by atomic mass is 10.2. The van der Waals surface area contributed by atoms with Crippen LogP contribution in [0.4, 0.5) is 0 Å². The summed E-state index contributed by atoms with van der Waals surface area (Å²) in [4.78, 5) is 6.59. The van der Waals surface area contributed by atoms with Gasteiger partial charge in [-0.1, -0.05) is 19.8 Å². The lowest BCUT2D eigenvalue weighted by Gasteiger charge is -2.15. The van der Waals surface area contributed by atoms with Crippen LogP contribution in [0.3, 0.4) is 0 Å². The average molecular weight is 241 g/mol. The molecule has 0 aliphatic heterocycles. The summed E-state index contributed by atoms with van der Waals surface area (Å²) in [5.41, 5.74) is 3.07. The minimum atomic E-state index is 0.958. The number of nitrogens with one attached hydrogen (secondary N) is 1. The van der Waals surface area contributed by atoms with Crippen molar-refractivity contribution in [2.45, 2.75) is 32.7 Å². The summed E-state index contributed by atoms with van der Waals surface area (Å²) in [5.74, 6) is 0. The Balaban J connectivity index is 1.96. The van der Waals surface area contributed by atoms with E-state index in [4.69, 9.17) is 0 Å². The van der Waals surface area contributed by atoms with E-state index in [2.05, 4.69) is 34.6 Å². The molecule has 0 bridgehead atoms. The number of hydrogen-bond donors (Lipinski definition) is 1. The Labute approximate surface area is 103 Å². The highest BCUT2D eigenvalue weighted by Crippen LogP contribution is 2.03. The first-order valence-electron chi connectivity index (χ1n) is 6.09. The van der Waals surface area contributed by atoms with E-state index in [9.17, 15) is 0 Å². The molecule has 16 heavy (non-hydrogen) atoms. The Morgan fingerprint density at radius 1 is 1.38 bits per heavy atom. The molecule has 4 heteroatoms. The van der Waals surface area contributed by atoms with Gasteiger partial charge >= 0.3 is 0 Å². The van der Waals surface area contributed by atoms with Gasteiger partial charge in [0.15, 0.2) is 0 Å². The molecule has 0 atom stereocenters. The highest BCUT2D eigenvalue weighted by atomic mass is 32.1. The van der Waals surface area contributed by atoms with Crippen LogP contribution < -0.4 is 5.32 Å². The molecule has 3 nitrogen and oxygen atoms in total. The normalized spacial score (nSPS) is 11.2. The molecule has 0 radical (unpaired) electrons. The number of unbranched alkanes of at least 4 members (excludes halogenated alkanes) is 2. The third-order valence-electron chi connectivity index (χ3n) is 2.54. The number of aromatic nitrogens is 1. The maximum atomic E-state index is 4.28. The van der Waals surface area contributed by atoms with Crippen LogP contribution in [0.5, 0.6) is 0 Å². The molecule has 1 rings (SSSR count). The van der Waals surface area contributed by atoms with Gasteiger partial charge in [-0.3, -0.25) is 4.90 Å². The van der Waals surface area contributed by atoms with Crippen molar-refractivity contribution in [1.29, 1.82) is 0 Å². The number of thiazole rings is 1. The molecule has 0 saturated heterocycles. The third-order valence-corrected chi connectivity index (χ3v) is 3.18. The molecule has 0 aliphatic rings. The van der Waals surface area contributed by atoms with Gasteiger partial charge in [-0.25, -0.2) is 4.98 Å². The summed E-state index contributed by atoms with van der Waals surface area (Å²) in [6.45, 7) is 6.51. The van der Waals surface area contributed by atoms with Crippen LogP contribution in [0.2, 0.25) is 0 Å². The maximum Gasteiger partial charge on any atom is 0.0795 e. The molecule has 0 saturated carbocycles. The predicted molar refractivity (Wildman–Crippen MR) is 70.8 cm³/mol. The summed E-state index contributed by atoms with van der Waals surface area (Å²) < 4.78 is 0. The average Bonchev–Trinajstić information content (AvgIpc) is 2.76. The van der Waals surface area contributed by atoms with E-state index in [-0.39, 0.29) is 0 Å². The lowest BCUT2D eigenvalue weighted by Crippen LogP contribution is -2.29. The van der Waals surface area contributed by atoms with E-state index in [0.29, 0.717) is 0 Å². The van der Waals surface area contributed by atoms with Gasteiger partial charge in [0.05, 0.1) is 11.2 Å².